The lowest BCUT2D eigenvalue weighted by molar-refractivity contribution is -0.386. The Bertz CT molecular complexity index is 737. The van der Waals surface area contributed by atoms with E-state index in [4.69, 9.17) is 4.74 Å². The highest BCUT2D eigenvalue weighted by molar-refractivity contribution is 5.96. The molecule has 0 saturated heterocycles. The molecule has 0 aliphatic carbocycles. The predicted octanol–water partition coefficient (Wildman–Crippen LogP) is 3.55. The molecular formula is C17H17FN2O4. The van der Waals surface area contributed by atoms with Crippen molar-refractivity contribution in [3.63, 3.8) is 0 Å². The second-order valence-electron chi connectivity index (χ2n) is 5.05. The third kappa shape index (κ3) is 3.87. The quantitative estimate of drug-likeness (QED) is 0.599. The number of carbonyl (C=O) groups excluding carboxylic acids is 1. The largest absolute Gasteiger partial charge is 0.474 e. The number of rotatable bonds is 6. The van der Waals surface area contributed by atoms with Crippen LogP contribution in [0.4, 0.5) is 15.8 Å². The first-order chi connectivity index (χ1) is 11.4. The normalized spacial score (nSPS) is 11.6. The average molecular weight is 332 g/mol. The first kappa shape index (κ1) is 17.4. The van der Waals surface area contributed by atoms with Gasteiger partial charge in [0.05, 0.1) is 4.92 Å². The number of carbonyl (C=O) groups is 1. The molecule has 0 N–H and O–H groups in total. The van der Waals surface area contributed by atoms with Crippen LogP contribution in [-0.4, -0.2) is 23.5 Å². The van der Waals surface area contributed by atoms with E-state index < -0.39 is 16.8 Å². The molecule has 0 aliphatic rings. The maximum atomic E-state index is 13.4. The van der Waals surface area contributed by atoms with E-state index in [0.717, 1.165) is 18.2 Å². The number of ether oxygens (including phenoxy) is 1. The summed E-state index contributed by atoms with van der Waals surface area (Å²) in [5, 5.41) is 11.0. The molecule has 0 aliphatic heterocycles. The van der Waals surface area contributed by atoms with Crippen LogP contribution in [0.15, 0.2) is 48.5 Å². The van der Waals surface area contributed by atoms with Gasteiger partial charge in [0.2, 0.25) is 5.75 Å². The van der Waals surface area contributed by atoms with Gasteiger partial charge in [0.25, 0.3) is 5.91 Å². The molecule has 2 rings (SSSR count). The molecule has 0 fully saturated rings. The summed E-state index contributed by atoms with van der Waals surface area (Å²) in [6, 6.07) is 11.9. The third-order valence-electron chi connectivity index (χ3n) is 3.42. The monoisotopic (exact) mass is 332 g/mol. The Hall–Kier alpha value is -2.96. The molecule has 2 aromatic rings. The van der Waals surface area contributed by atoms with Crippen LogP contribution in [0.3, 0.4) is 0 Å². The number of para-hydroxylation sites is 1. The van der Waals surface area contributed by atoms with Crippen molar-refractivity contribution in [1.29, 1.82) is 0 Å². The van der Waals surface area contributed by atoms with Gasteiger partial charge in [-0.3, -0.25) is 14.9 Å². The van der Waals surface area contributed by atoms with Crippen LogP contribution in [0.1, 0.15) is 13.8 Å². The summed E-state index contributed by atoms with van der Waals surface area (Å²) in [6.07, 6.45) is -1.01. The lowest BCUT2D eigenvalue weighted by Gasteiger charge is -2.24. The smallest absolute Gasteiger partial charge is 0.311 e. The van der Waals surface area contributed by atoms with Gasteiger partial charge in [-0.05, 0) is 32.0 Å². The number of nitrogens with zero attached hydrogens (tertiary/aromatic N) is 2. The van der Waals surface area contributed by atoms with Crippen molar-refractivity contribution in [3.05, 3.63) is 64.5 Å². The van der Waals surface area contributed by atoms with E-state index in [9.17, 15) is 19.3 Å². The van der Waals surface area contributed by atoms with Gasteiger partial charge in [0.15, 0.2) is 6.10 Å². The van der Waals surface area contributed by atoms with Crippen LogP contribution < -0.4 is 9.64 Å². The summed E-state index contributed by atoms with van der Waals surface area (Å²) in [4.78, 5) is 24.4. The van der Waals surface area contributed by atoms with Crippen molar-refractivity contribution in [1.82, 2.24) is 0 Å². The molecule has 0 saturated carbocycles. The number of anilines is 1. The summed E-state index contributed by atoms with van der Waals surface area (Å²) in [5.74, 6) is -1.32. The Morgan fingerprint density at radius 1 is 1.29 bits per heavy atom. The maximum Gasteiger partial charge on any atom is 0.311 e. The zero-order valence-corrected chi connectivity index (χ0v) is 13.3. The predicted molar refractivity (Wildman–Crippen MR) is 87.6 cm³/mol. The molecule has 0 spiro atoms. The van der Waals surface area contributed by atoms with Crippen LogP contribution in [0.5, 0.6) is 5.75 Å². The molecule has 24 heavy (non-hydrogen) atoms. The zero-order chi connectivity index (χ0) is 17.7. The van der Waals surface area contributed by atoms with Crippen molar-refractivity contribution in [2.75, 3.05) is 11.4 Å². The lowest BCUT2D eigenvalue weighted by Crippen LogP contribution is -2.40. The summed E-state index contributed by atoms with van der Waals surface area (Å²) in [6.45, 7) is 3.69. The number of nitro benzene ring substituents is 1. The molecule has 0 aromatic heterocycles. The molecule has 2 aromatic carbocycles. The van der Waals surface area contributed by atoms with Gasteiger partial charge in [-0.1, -0.05) is 18.2 Å². The van der Waals surface area contributed by atoms with Crippen LogP contribution >= 0.6 is 0 Å². The average Bonchev–Trinajstić information content (AvgIpc) is 2.56. The molecule has 126 valence electrons. The highest BCUT2D eigenvalue weighted by Crippen LogP contribution is 2.29. The van der Waals surface area contributed by atoms with E-state index in [-0.39, 0.29) is 17.3 Å². The van der Waals surface area contributed by atoms with E-state index in [2.05, 4.69) is 0 Å². The Morgan fingerprint density at radius 3 is 2.54 bits per heavy atom. The number of hydrogen-bond donors (Lipinski definition) is 0. The van der Waals surface area contributed by atoms with E-state index >= 15 is 0 Å². The summed E-state index contributed by atoms with van der Waals surface area (Å²) >= 11 is 0. The van der Waals surface area contributed by atoms with E-state index in [1.165, 1.54) is 11.8 Å². The van der Waals surface area contributed by atoms with Gasteiger partial charge in [0, 0.05) is 24.4 Å². The van der Waals surface area contributed by atoms with Gasteiger partial charge < -0.3 is 9.64 Å². The number of amides is 1. The maximum absolute atomic E-state index is 13.4. The zero-order valence-electron chi connectivity index (χ0n) is 13.3. The summed E-state index contributed by atoms with van der Waals surface area (Å²) in [7, 11) is 0. The molecule has 0 bridgehead atoms. The standard InChI is InChI=1S/C17H17FN2O4/c1-3-19(14-7-5-4-6-8-14)17(21)12(2)24-16-11-13(18)9-10-15(16)20(22)23/h4-12H,3H2,1-2H3/t12-/m0/s1. The summed E-state index contributed by atoms with van der Waals surface area (Å²) < 4.78 is 18.7. The molecule has 0 unspecified atom stereocenters. The highest BCUT2D eigenvalue weighted by Gasteiger charge is 2.25. The van der Waals surface area contributed by atoms with Crippen LogP contribution in [0.25, 0.3) is 0 Å². The van der Waals surface area contributed by atoms with Crippen molar-refractivity contribution in [2.24, 2.45) is 0 Å². The van der Waals surface area contributed by atoms with Crippen LogP contribution in [0, 0.1) is 15.9 Å². The fraction of sp³-hybridized carbons (Fsp3) is 0.235. The molecule has 7 heteroatoms. The molecule has 6 nitrogen and oxygen atoms in total. The van der Waals surface area contributed by atoms with Crippen molar-refractivity contribution >= 4 is 17.3 Å². The van der Waals surface area contributed by atoms with Gasteiger partial charge in [0.1, 0.15) is 5.82 Å². The third-order valence-corrected chi connectivity index (χ3v) is 3.42. The van der Waals surface area contributed by atoms with Gasteiger partial charge in [-0.25, -0.2) is 4.39 Å². The van der Waals surface area contributed by atoms with Gasteiger partial charge in [-0.15, -0.1) is 0 Å². The highest BCUT2D eigenvalue weighted by atomic mass is 19.1. The number of halogens is 1. The summed E-state index contributed by atoms with van der Waals surface area (Å²) in [5.41, 5.74) is 0.299. The Kier molecular flexibility index (Phi) is 5.47. The minimum atomic E-state index is -1.01. The Morgan fingerprint density at radius 2 is 1.96 bits per heavy atom. The first-order valence-electron chi connectivity index (χ1n) is 7.41. The fourth-order valence-corrected chi connectivity index (χ4v) is 2.27. The topological polar surface area (TPSA) is 72.7 Å². The van der Waals surface area contributed by atoms with Crippen LogP contribution in [-0.2, 0) is 4.79 Å². The van der Waals surface area contributed by atoms with Crippen molar-refractivity contribution in [3.8, 4) is 5.75 Å². The van der Waals surface area contributed by atoms with Gasteiger partial charge in [-0.2, -0.15) is 0 Å². The molecule has 0 heterocycles. The second kappa shape index (κ2) is 7.54. The van der Waals surface area contributed by atoms with E-state index in [1.807, 2.05) is 13.0 Å². The molecule has 1 atom stereocenters. The Balaban J connectivity index is 2.23. The molecule has 1 amide bonds. The second-order valence-corrected chi connectivity index (χ2v) is 5.05. The fourth-order valence-electron chi connectivity index (χ4n) is 2.27. The number of nitro groups is 1. The minimum absolute atomic E-state index is 0.273. The van der Waals surface area contributed by atoms with Crippen molar-refractivity contribution < 1.29 is 18.8 Å². The minimum Gasteiger partial charge on any atom is -0.474 e. The van der Waals surface area contributed by atoms with E-state index in [1.54, 1.807) is 24.3 Å². The van der Waals surface area contributed by atoms with E-state index in [0.29, 0.717) is 12.2 Å². The lowest BCUT2D eigenvalue weighted by atomic mass is 10.2. The number of hydrogen-bond acceptors (Lipinski definition) is 4. The van der Waals surface area contributed by atoms with Crippen molar-refractivity contribution in [2.45, 2.75) is 20.0 Å². The SMILES string of the molecule is CCN(C(=O)[C@H](C)Oc1cc(F)ccc1[N+](=O)[O-])c1ccccc1. The number of benzene rings is 2. The molecule has 0 radical (unpaired) electrons. The van der Waals surface area contributed by atoms with Gasteiger partial charge >= 0.3 is 5.69 Å². The van der Waals surface area contributed by atoms with Crippen LogP contribution in [0.2, 0.25) is 0 Å². The Labute approximate surface area is 138 Å². The first-order valence-corrected chi connectivity index (χ1v) is 7.41. The number of likely N-dealkylation sites (N-methyl/N-ethyl adjacent to an activating group) is 1. The molecular weight excluding hydrogens is 315 g/mol.